The van der Waals surface area contributed by atoms with Gasteiger partial charge in [-0.05, 0) is 62.9 Å². The number of carbonyl (C=O) groups excluding carboxylic acids is 1. The predicted molar refractivity (Wildman–Crippen MR) is 119 cm³/mol. The molecule has 0 radical (unpaired) electrons. The summed E-state index contributed by atoms with van der Waals surface area (Å²) >= 11 is 0. The van der Waals surface area contributed by atoms with E-state index in [2.05, 4.69) is 29.0 Å². The summed E-state index contributed by atoms with van der Waals surface area (Å²) in [5.41, 5.74) is 2.19. The first-order chi connectivity index (χ1) is 14.5. The highest BCUT2D eigenvalue weighted by Gasteiger charge is 2.22. The van der Waals surface area contributed by atoms with Gasteiger partial charge >= 0.3 is 0 Å². The predicted octanol–water partition coefficient (Wildman–Crippen LogP) is 3.87. The van der Waals surface area contributed by atoms with E-state index in [0.29, 0.717) is 19.6 Å². The second-order valence-electron chi connectivity index (χ2n) is 8.09. The maximum absolute atomic E-state index is 12.1. The van der Waals surface area contributed by atoms with Crippen molar-refractivity contribution in [3.8, 4) is 5.75 Å². The molecule has 1 aromatic carbocycles. The van der Waals surface area contributed by atoms with Crippen molar-refractivity contribution in [2.24, 2.45) is 0 Å². The second kappa shape index (κ2) is 11.0. The van der Waals surface area contributed by atoms with Gasteiger partial charge in [-0.3, -0.25) is 4.79 Å². The maximum atomic E-state index is 12.1. The van der Waals surface area contributed by atoms with Crippen molar-refractivity contribution < 1.29 is 14.3 Å². The molecule has 1 saturated heterocycles. The summed E-state index contributed by atoms with van der Waals surface area (Å²) in [6.07, 6.45) is 4.42. The lowest BCUT2D eigenvalue weighted by atomic mass is 10.2. The zero-order valence-corrected chi connectivity index (χ0v) is 18.3. The summed E-state index contributed by atoms with van der Waals surface area (Å²) < 4.78 is 11.5. The van der Waals surface area contributed by atoms with E-state index in [4.69, 9.17) is 9.47 Å². The third-order valence-electron chi connectivity index (χ3n) is 5.10. The quantitative estimate of drug-likeness (QED) is 0.635. The lowest BCUT2D eigenvalue weighted by Gasteiger charge is -2.36. The van der Waals surface area contributed by atoms with E-state index < -0.39 is 0 Å². The lowest BCUT2D eigenvalue weighted by Crippen LogP contribution is -2.45. The molecule has 0 spiro atoms. The number of pyridine rings is 1. The third-order valence-corrected chi connectivity index (χ3v) is 5.10. The average Bonchev–Trinajstić information content (AvgIpc) is 2.72. The van der Waals surface area contributed by atoms with Gasteiger partial charge in [-0.2, -0.15) is 0 Å². The number of nitrogens with one attached hydrogen (secondary N) is 1. The van der Waals surface area contributed by atoms with Crippen LogP contribution in [0.5, 0.6) is 5.75 Å². The van der Waals surface area contributed by atoms with Crippen molar-refractivity contribution in [1.29, 1.82) is 0 Å². The molecule has 0 aliphatic carbocycles. The molecule has 6 nitrogen and oxygen atoms in total. The van der Waals surface area contributed by atoms with Gasteiger partial charge < -0.3 is 19.7 Å². The lowest BCUT2D eigenvalue weighted by molar-refractivity contribution is -0.121. The van der Waals surface area contributed by atoms with Crippen molar-refractivity contribution in [2.45, 2.75) is 58.8 Å². The first kappa shape index (κ1) is 22.1. The second-order valence-corrected chi connectivity index (χ2v) is 8.09. The number of unbranched alkanes of at least 4 members (excludes halogenated alkanes) is 1. The van der Waals surface area contributed by atoms with Crippen molar-refractivity contribution in [3.63, 3.8) is 0 Å². The molecule has 1 aromatic heterocycles. The summed E-state index contributed by atoms with van der Waals surface area (Å²) in [6.45, 7) is 9.04. The molecule has 2 atom stereocenters. The molecule has 2 unspecified atom stereocenters. The van der Waals surface area contributed by atoms with E-state index in [0.717, 1.165) is 43.1 Å². The van der Waals surface area contributed by atoms with E-state index in [1.807, 2.05) is 49.5 Å². The molecule has 1 fully saturated rings. The first-order valence-electron chi connectivity index (χ1n) is 10.8. The summed E-state index contributed by atoms with van der Waals surface area (Å²) in [6, 6.07) is 12.1. The highest BCUT2D eigenvalue weighted by Crippen LogP contribution is 2.18. The van der Waals surface area contributed by atoms with Gasteiger partial charge in [0.1, 0.15) is 11.6 Å². The number of hydrogen-bond acceptors (Lipinski definition) is 5. The fourth-order valence-corrected chi connectivity index (χ4v) is 3.65. The van der Waals surface area contributed by atoms with E-state index in [1.165, 1.54) is 5.56 Å². The zero-order chi connectivity index (χ0) is 21.3. The highest BCUT2D eigenvalue weighted by molar-refractivity contribution is 5.75. The molecule has 0 saturated carbocycles. The van der Waals surface area contributed by atoms with Crippen LogP contribution in [0.15, 0.2) is 42.6 Å². The number of benzene rings is 1. The van der Waals surface area contributed by atoms with Crippen LogP contribution in [-0.2, 0) is 16.1 Å². The van der Waals surface area contributed by atoms with Crippen LogP contribution < -0.4 is 15.0 Å². The Morgan fingerprint density at radius 1 is 1.20 bits per heavy atom. The number of aryl methyl sites for hydroxylation is 1. The Bertz CT molecular complexity index is 800. The Morgan fingerprint density at radius 2 is 2.00 bits per heavy atom. The molecule has 1 aliphatic rings. The van der Waals surface area contributed by atoms with Crippen LogP contribution in [0, 0.1) is 6.92 Å². The van der Waals surface area contributed by atoms with Crippen LogP contribution in [0.4, 0.5) is 5.82 Å². The third kappa shape index (κ3) is 7.02. The first-order valence-corrected chi connectivity index (χ1v) is 10.8. The monoisotopic (exact) mass is 411 g/mol. The number of anilines is 1. The molecule has 1 aliphatic heterocycles. The number of rotatable bonds is 9. The number of amides is 1. The molecule has 0 bridgehead atoms. The normalized spacial score (nSPS) is 18.8. The summed E-state index contributed by atoms with van der Waals surface area (Å²) in [5, 5.41) is 2.97. The van der Waals surface area contributed by atoms with Crippen LogP contribution in [0.25, 0.3) is 0 Å². The molecule has 1 amide bonds. The van der Waals surface area contributed by atoms with Gasteiger partial charge in [0.2, 0.25) is 5.91 Å². The topological polar surface area (TPSA) is 63.7 Å². The molecule has 162 valence electrons. The molecule has 3 rings (SSSR count). The Hall–Kier alpha value is -2.60. The Kier molecular flexibility index (Phi) is 8.08. The largest absolute Gasteiger partial charge is 0.494 e. The number of nitrogens with zero attached hydrogens (tertiary/aromatic N) is 2. The van der Waals surface area contributed by atoms with E-state index in [9.17, 15) is 4.79 Å². The van der Waals surface area contributed by atoms with Crippen molar-refractivity contribution in [3.05, 3.63) is 53.7 Å². The molecule has 30 heavy (non-hydrogen) atoms. The van der Waals surface area contributed by atoms with Crippen molar-refractivity contribution in [1.82, 2.24) is 10.3 Å². The standard InChI is InChI=1S/C24H33N3O3/c1-18-7-6-8-22(13-18)29-12-5-4-9-24(28)26-15-21-10-11-23(25-14-21)27-16-19(2)30-20(3)17-27/h6-8,10-11,13-14,19-20H,4-5,9,12,15-17H2,1-3H3,(H,26,28). The van der Waals surface area contributed by atoms with Crippen molar-refractivity contribution in [2.75, 3.05) is 24.6 Å². The fraction of sp³-hybridized carbons (Fsp3) is 0.500. The van der Waals surface area contributed by atoms with Gasteiger partial charge in [0.15, 0.2) is 0 Å². The molecule has 1 N–H and O–H groups in total. The van der Waals surface area contributed by atoms with Gasteiger partial charge in [0.05, 0.1) is 18.8 Å². The van der Waals surface area contributed by atoms with Crippen LogP contribution in [0.2, 0.25) is 0 Å². The van der Waals surface area contributed by atoms with Crippen LogP contribution in [0.3, 0.4) is 0 Å². The van der Waals surface area contributed by atoms with Crippen LogP contribution in [0.1, 0.15) is 44.2 Å². The Morgan fingerprint density at radius 3 is 2.70 bits per heavy atom. The number of carbonyl (C=O) groups is 1. The molecular formula is C24H33N3O3. The fourth-order valence-electron chi connectivity index (χ4n) is 3.65. The zero-order valence-electron chi connectivity index (χ0n) is 18.3. The van der Waals surface area contributed by atoms with E-state index in [-0.39, 0.29) is 18.1 Å². The summed E-state index contributed by atoms with van der Waals surface area (Å²) in [7, 11) is 0. The Labute approximate surface area is 179 Å². The minimum Gasteiger partial charge on any atom is -0.494 e. The minimum absolute atomic E-state index is 0.0606. The van der Waals surface area contributed by atoms with Gasteiger partial charge in [-0.25, -0.2) is 4.98 Å². The van der Waals surface area contributed by atoms with Crippen LogP contribution in [-0.4, -0.2) is 42.8 Å². The summed E-state index contributed by atoms with van der Waals surface area (Å²) in [5.74, 6) is 1.91. The van der Waals surface area contributed by atoms with Crippen molar-refractivity contribution >= 4 is 11.7 Å². The van der Waals surface area contributed by atoms with E-state index in [1.54, 1.807) is 0 Å². The van der Waals surface area contributed by atoms with E-state index >= 15 is 0 Å². The number of aromatic nitrogens is 1. The number of morpholine rings is 1. The van der Waals surface area contributed by atoms with Gasteiger partial charge in [-0.15, -0.1) is 0 Å². The molecule has 2 heterocycles. The molecular weight excluding hydrogens is 378 g/mol. The highest BCUT2D eigenvalue weighted by atomic mass is 16.5. The van der Waals surface area contributed by atoms with Crippen LogP contribution >= 0.6 is 0 Å². The van der Waals surface area contributed by atoms with Gasteiger partial charge in [-0.1, -0.05) is 18.2 Å². The maximum Gasteiger partial charge on any atom is 0.220 e. The minimum atomic E-state index is 0.0606. The SMILES string of the molecule is Cc1cccc(OCCCCC(=O)NCc2ccc(N3CC(C)OC(C)C3)nc2)c1. The molecule has 2 aromatic rings. The van der Waals surface area contributed by atoms with Gasteiger partial charge in [0.25, 0.3) is 0 Å². The summed E-state index contributed by atoms with van der Waals surface area (Å²) in [4.78, 5) is 18.9. The number of hydrogen-bond donors (Lipinski definition) is 1. The number of ether oxygens (including phenoxy) is 2. The Balaban J connectivity index is 1.32. The van der Waals surface area contributed by atoms with Gasteiger partial charge in [0, 0.05) is 32.3 Å². The molecule has 6 heteroatoms. The smallest absolute Gasteiger partial charge is 0.220 e. The average molecular weight is 412 g/mol.